The third-order valence-electron chi connectivity index (χ3n) is 9.64. The molecule has 0 aromatic heterocycles. The number of rotatable bonds is 18. The number of amides is 3. The van der Waals surface area contributed by atoms with Crippen molar-refractivity contribution >= 4 is 29.5 Å². The van der Waals surface area contributed by atoms with Crippen LogP contribution in [0, 0.1) is 17.8 Å². The SMILES string of the molecule is C=CCN(CCCCC)C(=O)C1N(CCCCCCO)C(=O)[C@@H]2[C@@H](C(=O)N(CC=C)Cc3ccccc3)[C@H]3CC(C)C12S3. The van der Waals surface area contributed by atoms with Gasteiger partial charge in [0, 0.05) is 44.6 Å². The van der Waals surface area contributed by atoms with Crippen LogP contribution in [0.15, 0.2) is 55.6 Å². The fourth-order valence-electron chi connectivity index (χ4n) is 7.64. The lowest BCUT2D eigenvalue weighted by Crippen LogP contribution is -2.57. The van der Waals surface area contributed by atoms with Gasteiger partial charge < -0.3 is 19.8 Å². The van der Waals surface area contributed by atoms with E-state index in [1.807, 2.05) is 45.0 Å². The molecule has 3 heterocycles. The summed E-state index contributed by atoms with van der Waals surface area (Å²) < 4.78 is -0.624. The fourth-order valence-corrected chi connectivity index (χ4v) is 10.1. The zero-order valence-corrected chi connectivity index (χ0v) is 27.0. The fraction of sp³-hybridized carbons (Fsp3) is 0.629. The highest BCUT2D eigenvalue weighted by molar-refractivity contribution is 8.02. The summed E-state index contributed by atoms with van der Waals surface area (Å²) >= 11 is 1.75. The summed E-state index contributed by atoms with van der Waals surface area (Å²) in [6.45, 7) is 14.8. The van der Waals surface area contributed by atoms with Crippen LogP contribution in [0.1, 0.15) is 70.8 Å². The van der Waals surface area contributed by atoms with E-state index in [2.05, 4.69) is 27.0 Å². The monoisotopic (exact) mass is 609 g/mol. The van der Waals surface area contributed by atoms with Gasteiger partial charge in [0.25, 0.3) is 0 Å². The Kier molecular flexibility index (Phi) is 12.0. The average molecular weight is 610 g/mol. The van der Waals surface area contributed by atoms with E-state index in [9.17, 15) is 19.5 Å². The quantitative estimate of drug-likeness (QED) is 0.181. The first-order valence-electron chi connectivity index (χ1n) is 16.3. The van der Waals surface area contributed by atoms with Crippen LogP contribution in [-0.2, 0) is 20.9 Å². The van der Waals surface area contributed by atoms with Gasteiger partial charge in [0.2, 0.25) is 17.7 Å². The number of aliphatic hydroxyl groups excluding tert-OH is 1. The summed E-state index contributed by atoms with van der Waals surface area (Å²) in [5, 5.41) is 9.24. The van der Waals surface area contributed by atoms with E-state index in [1.54, 1.807) is 23.9 Å². The van der Waals surface area contributed by atoms with Gasteiger partial charge in [-0.2, -0.15) is 0 Å². The third kappa shape index (κ3) is 6.75. The Hall–Kier alpha value is -2.58. The number of carbonyl (C=O) groups is 3. The van der Waals surface area contributed by atoms with Crippen LogP contribution < -0.4 is 0 Å². The standard InChI is InChI=1S/C35H51N3O4S/c1-5-8-14-21-36(19-6-2)34(42)31-35-26(4)24-28(43-35)29(30(35)33(41)38(31)22-15-9-10-16-23-39)32(40)37(20-7-3)25-27-17-12-11-13-18-27/h6-7,11-13,17-18,26,28-31,39H,2-3,5,8-10,14-16,19-25H2,1,4H3/t26?,28-,29+,30+,31?,35?/m1/s1. The van der Waals surface area contributed by atoms with Crippen molar-refractivity contribution in [2.24, 2.45) is 17.8 Å². The Bertz CT molecular complexity index is 1130. The number of benzene rings is 1. The molecule has 6 atom stereocenters. The van der Waals surface area contributed by atoms with Crippen LogP contribution >= 0.6 is 11.8 Å². The second kappa shape index (κ2) is 15.4. The van der Waals surface area contributed by atoms with Gasteiger partial charge in [-0.15, -0.1) is 24.9 Å². The summed E-state index contributed by atoms with van der Waals surface area (Å²) in [5.74, 6) is -0.880. The molecule has 43 heavy (non-hydrogen) atoms. The molecule has 8 heteroatoms. The average Bonchev–Trinajstić information content (AvgIpc) is 3.60. The Morgan fingerprint density at radius 3 is 2.40 bits per heavy atom. The maximum Gasteiger partial charge on any atom is 0.247 e. The van der Waals surface area contributed by atoms with E-state index in [0.717, 1.165) is 56.9 Å². The summed E-state index contributed by atoms with van der Waals surface area (Å²) in [6.07, 6.45) is 10.6. The number of thioether (sulfide) groups is 1. The molecule has 7 nitrogen and oxygen atoms in total. The van der Waals surface area contributed by atoms with E-state index < -0.39 is 22.6 Å². The molecule has 3 fully saturated rings. The molecule has 0 radical (unpaired) electrons. The van der Waals surface area contributed by atoms with Crippen molar-refractivity contribution in [3.8, 4) is 0 Å². The molecule has 3 saturated heterocycles. The molecule has 1 spiro atoms. The molecule has 3 aliphatic heterocycles. The molecular formula is C35H51N3O4S. The van der Waals surface area contributed by atoms with Gasteiger partial charge in [0.1, 0.15) is 6.04 Å². The molecule has 3 aliphatic rings. The van der Waals surface area contributed by atoms with Crippen LogP contribution in [0.4, 0.5) is 0 Å². The Morgan fingerprint density at radius 1 is 1.02 bits per heavy atom. The lowest BCUT2D eigenvalue weighted by atomic mass is 9.65. The molecule has 1 aromatic carbocycles. The predicted molar refractivity (Wildman–Crippen MR) is 174 cm³/mol. The topological polar surface area (TPSA) is 81.2 Å². The van der Waals surface area contributed by atoms with Crippen molar-refractivity contribution in [2.75, 3.05) is 32.8 Å². The second-order valence-electron chi connectivity index (χ2n) is 12.5. The van der Waals surface area contributed by atoms with E-state index in [4.69, 9.17) is 0 Å². The van der Waals surface area contributed by atoms with Crippen molar-refractivity contribution in [1.82, 2.24) is 14.7 Å². The minimum absolute atomic E-state index is 0.00236. The highest BCUT2D eigenvalue weighted by atomic mass is 32.2. The van der Waals surface area contributed by atoms with E-state index >= 15 is 0 Å². The number of carbonyl (C=O) groups excluding carboxylic acids is 3. The van der Waals surface area contributed by atoms with Gasteiger partial charge in [0.05, 0.1) is 16.6 Å². The Morgan fingerprint density at radius 2 is 1.72 bits per heavy atom. The highest BCUT2D eigenvalue weighted by Crippen LogP contribution is 2.69. The van der Waals surface area contributed by atoms with Crippen molar-refractivity contribution < 1.29 is 19.5 Å². The van der Waals surface area contributed by atoms with Crippen molar-refractivity contribution in [3.63, 3.8) is 0 Å². The van der Waals surface area contributed by atoms with E-state index in [1.165, 1.54) is 0 Å². The molecule has 2 bridgehead atoms. The molecule has 0 saturated carbocycles. The van der Waals surface area contributed by atoms with Gasteiger partial charge in [-0.3, -0.25) is 14.4 Å². The smallest absolute Gasteiger partial charge is 0.247 e. The van der Waals surface area contributed by atoms with Gasteiger partial charge in [-0.05, 0) is 37.2 Å². The summed E-state index contributed by atoms with van der Waals surface area (Å²) in [7, 11) is 0. The summed E-state index contributed by atoms with van der Waals surface area (Å²) in [4.78, 5) is 49.1. The zero-order chi connectivity index (χ0) is 31.0. The Labute approximate surface area is 262 Å². The van der Waals surface area contributed by atoms with Crippen LogP contribution in [0.3, 0.4) is 0 Å². The van der Waals surface area contributed by atoms with Gasteiger partial charge >= 0.3 is 0 Å². The first kappa shape index (κ1) is 33.3. The molecule has 0 aliphatic carbocycles. The lowest BCUT2D eigenvalue weighted by molar-refractivity contribution is -0.145. The van der Waals surface area contributed by atoms with Crippen LogP contribution in [-0.4, -0.2) is 86.4 Å². The first-order chi connectivity index (χ1) is 20.8. The number of hydrogen-bond donors (Lipinski definition) is 1. The number of nitrogens with zero attached hydrogens (tertiary/aromatic N) is 3. The van der Waals surface area contributed by atoms with Crippen molar-refractivity contribution in [2.45, 2.75) is 87.8 Å². The highest BCUT2D eigenvalue weighted by Gasteiger charge is 2.76. The first-order valence-corrected chi connectivity index (χ1v) is 17.2. The number of hydrogen-bond acceptors (Lipinski definition) is 5. The maximum atomic E-state index is 14.6. The molecular weight excluding hydrogens is 558 g/mol. The van der Waals surface area contributed by atoms with Gasteiger partial charge in [-0.1, -0.05) is 82.0 Å². The molecule has 1 N–H and O–H groups in total. The molecule has 1 aromatic rings. The zero-order valence-electron chi connectivity index (χ0n) is 26.2. The third-order valence-corrected chi connectivity index (χ3v) is 11.7. The second-order valence-corrected chi connectivity index (χ2v) is 14.0. The summed E-state index contributed by atoms with van der Waals surface area (Å²) in [6, 6.07) is 9.35. The van der Waals surface area contributed by atoms with E-state index in [0.29, 0.717) is 32.7 Å². The van der Waals surface area contributed by atoms with Crippen molar-refractivity contribution in [3.05, 3.63) is 61.2 Å². The molecule has 236 valence electrons. The minimum atomic E-state index is -0.624. The van der Waals surface area contributed by atoms with Gasteiger partial charge in [0.15, 0.2) is 0 Å². The molecule has 3 unspecified atom stereocenters. The minimum Gasteiger partial charge on any atom is -0.396 e. The van der Waals surface area contributed by atoms with Crippen LogP contribution in [0.2, 0.25) is 0 Å². The number of aliphatic hydroxyl groups is 1. The normalized spacial score (nSPS) is 27.3. The number of unbranched alkanes of at least 4 members (excludes halogenated alkanes) is 5. The predicted octanol–water partition coefficient (Wildman–Crippen LogP) is 5.30. The Balaban J connectivity index is 1.68. The van der Waals surface area contributed by atoms with Crippen molar-refractivity contribution in [1.29, 1.82) is 0 Å². The lowest BCUT2D eigenvalue weighted by Gasteiger charge is -2.41. The van der Waals surface area contributed by atoms with E-state index in [-0.39, 0.29) is 35.5 Å². The number of likely N-dealkylation sites (tertiary alicyclic amines) is 1. The number of fused-ring (bicyclic) bond motifs is 1. The molecule has 4 rings (SSSR count). The maximum absolute atomic E-state index is 14.6. The van der Waals surface area contributed by atoms with Crippen LogP contribution in [0.25, 0.3) is 0 Å². The largest absolute Gasteiger partial charge is 0.396 e. The molecule has 3 amide bonds. The summed E-state index contributed by atoms with van der Waals surface area (Å²) in [5.41, 5.74) is 1.04. The van der Waals surface area contributed by atoms with Gasteiger partial charge in [-0.25, -0.2) is 0 Å². The van der Waals surface area contributed by atoms with Crippen LogP contribution in [0.5, 0.6) is 0 Å².